The number of thiazole rings is 1. The molecule has 120 valence electrons. The highest BCUT2D eigenvalue weighted by Crippen LogP contribution is 2.23. The van der Waals surface area contributed by atoms with Gasteiger partial charge < -0.3 is 9.64 Å². The Morgan fingerprint density at radius 2 is 1.95 bits per heavy atom. The SMILES string of the molecule is CO[C@@H](C)c1nc(CN(C)c2ccc(S(C)(=O)=O)cc2)cs1. The van der Waals surface area contributed by atoms with Gasteiger partial charge in [-0.3, -0.25) is 0 Å². The van der Waals surface area contributed by atoms with Crippen molar-refractivity contribution in [3.8, 4) is 0 Å². The highest BCUT2D eigenvalue weighted by atomic mass is 32.2. The third-order valence-corrected chi connectivity index (χ3v) is 5.56. The average molecular weight is 340 g/mol. The Kier molecular flexibility index (Phi) is 5.20. The van der Waals surface area contributed by atoms with Gasteiger partial charge in [-0.25, -0.2) is 13.4 Å². The van der Waals surface area contributed by atoms with Crippen LogP contribution in [0.2, 0.25) is 0 Å². The number of aromatic nitrogens is 1. The van der Waals surface area contributed by atoms with E-state index in [9.17, 15) is 8.42 Å². The van der Waals surface area contributed by atoms with E-state index in [4.69, 9.17) is 4.74 Å². The summed E-state index contributed by atoms with van der Waals surface area (Å²) in [6.07, 6.45) is 1.21. The number of sulfone groups is 1. The second-order valence-corrected chi connectivity index (χ2v) is 8.08. The van der Waals surface area contributed by atoms with Crippen molar-refractivity contribution in [1.29, 1.82) is 0 Å². The number of nitrogens with zero attached hydrogens (tertiary/aromatic N) is 2. The third kappa shape index (κ3) is 4.06. The number of methoxy groups -OCH3 is 1. The summed E-state index contributed by atoms with van der Waals surface area (Å²) >= 11 is 1.58. The van der Waals surface area contributed by atoms with Gasteiger partial charge in [0.15, 0.2) is 9.84 Å². The Bertz CT molecular complexity index is 724. The molecule has 0 radical (unpaired) electrons. The van der Waals surface area contributed by atoms with Gasteiger partial charge in [0, 0.05) is 31.5 Å². The van der Waals surface area contributed by atoms with E-state index in [1.54, 1.807) is 42.7 Å². The molecule has 0 aliphatic carbocycles. The number of hydrogen-bond acceptors (Lipinski definition) is 6. The molecule has 0 saturated heterocycles. The Morgan fingerprint density at radius 3 is 2.50 bits per heavy atom. The van der Waals surface area contributed by atoms with Crippen LogP contribution in [-0.2, 0) is 21.1 Å². The van der Waals surface area contributed by atoms with Crippen LogP contribution in [0.15, 0.2) is 34.5 Å². The van der Waals surface area contributed by atoms with Gasteiger partial charge in [0.25, 0.3) is 0 Å². The molecule has 0 aliphatic heterocycles. The second-order valence-electron chi connectivity index (χ2n) is 5.18. The predicted molar refractivity (Wildman–Crippen MR) is 89.2 cm³/mol. The molecule has 22 heavy (non-hydrogen) atoms. The smallest absolute Gasteiger partial charge is 0.175 e. The van der Waals surface area contributed by atoms with E-state index in [2.05, 4.69) is 4.98 Å². The molecule has 1 aromatic heterocycles. The monoisotopic (exact) mass is 340 g/mol. The second kappa shape index (κ2) is 6.76. The zero-order valence-electron chi connectivity index (χ0n) is 13.1. The Balaban J connectivity index is 2.09. The maximum Gasteiger partial charge on any atom is 0.175 e. The van der Waals surface area contributed by atoms with E-state index >= 15 is 0 Å². The van der Waals surface area contributed by atoms with Crippen molar-refractivity contribution in [3.63, 3.8) is 0 Å². The molecule has 0 N–H and O–H groups in total. The number of rotatable bonds is 6. The van der Waals surface area contributed by atoms with Crippen molar-refractivity contribution in [2.45, 2.75) is 24.5 Å². The summed E-state index contributed by atoms with van der Waals surface area (Å²) < 4.78 is 28.2. The summed E-state index contributed by atoms with van der Waals surface area (Å²) in [6.45, 7) is 2.63. The van der Waals surface area contributed by atoms with E-state index in [1.807, 2.05) is 24.3 Å². The van der Waals surface area contributed by atoms with Gasteiger partial charge in [0.2, 0.25) is 0 Å². The normalized spacial score (nSPS) is 13.1. The number of anilines is 1. The summed E-state index contributed by atoms with van der Waals surface area (Å²) in [5.41, 5.74) is 1.92. The van der Waals surface area contributed by atoms with Crippen molar-refractivity contribution in [2.24, 2.45) is 0 Å². The van der Waals surface area contributed by atoms with Crippen LogP contribution in [0.25, 0.3) is 0 Å². The van der Waals surface area contributed by atoms with Gasteiger partial charge in [-0.15, -0.1) is 11.3 Å². The van der Waals surface area contributed by atoms with Gasteiger partial charge in [0.1, 0.15) is 11.1 Å². The summed E-state index contributed by atoms with van der Waals surface area (Å²) in [5.74, 6) is 0. The molecule has 5 nitrogen and oxygen atoms in total. The minimum absolute atomic E-state index is 0.00176. The average Bonchev–Trinajstić information content (AvgIpc) is 2.94. The molecule has 0 fully saturated rings. The van der Waals surface area contributed by atoms with Crippen LogP contribution in [0.4, 0.5) is 5.69 Å². The zero-order valence-corrected chi connectivity index (χ0v) is 14.7. The van der Waals surface area contributed by atoms with Crippen LogP contribution in [0.1, 0.15) is 23.7 Å². The van der Waals surface area contributed by atoms with Gasteiger partial charge in [-0.2, -0.15) is 0 Å². The molecule has 0 aliphatic rings. The maximum atomic E-state index is 11.5. The van der Waals surface area contributed by atoms with Crippen molar-refractivity contribution >= 4 is 26.9 Å². The first-order valence-corrected chi connectivity index (χ1v) is 9.56. The highest BCUT2D eigenvalue weighted by Gasteiger charge is 2.12. The van der Waals surface area contributed by atoms with Gasteiger partial charge in [0.05, 0.1) is 17.1 Å². The van der Waals surface area contributed by atoms with E-state index in [-0.39, 0.29) is 6.10 Å². The fourth-order valence-corrected chi connectivity index (χ4v) is 3.44. The molecule has 0 amide bonds. The minimum Gasteiger partial charge on any atom is -0.375 e. The maximum absolute atomic E-state index is 11.5. The van der Waals surface area contributed by atoms with Crippen molar-refractivity contribution in [2.75, 3.05) is 25.3 Å². The van der Waals surface area contributed by atoms with Crippen LogP contribution in [0, 0.1) is 0 Å². The zero-order chi connectivity index (χ0) is 16.3. The molecule has 1 atom stereocenters. The lowest BCUT2D eigenvalue weighted by atomic mass is 10.3. The predicted octanol–water partition coefficient (Wildman–Crippen LogP) is 2.89. The molecule has 0 unspecified atom stereocenters. The Labute approximate surface area is 135 Å². The van der Waals surface area contributed by atoms with Crippen molar-refractivity contribution in [1.82, 2.24) is 4.98 Å². The fourth-order valence-electron chi connectivity index (χ4n) is 1.96. The Morgan fingerprint density at radius 1 is 1.32 bits per heavy atom. The lowest BCUT2D eigenvalue weighted by Gasteiger charge is -2.18. The van der Waals surface area contributed by atoms with E-state index in [0.29, 0.717) is 11.4 Å². The molecule has 2 aromatic rings. The molecule has 1 heterocycles. The topological polar surface area (TPSA) is 59.5 Å². The third-order valence-electron chi connectivity index (χ3n) is 3.38. The molecule has 0 bridgehead atoms. The molecule has 2 rings (SSSR count). The molecular formula is C15H20N2O3S2. The van der Waals surface area contributed by atoms with Gasteiger partial charge >= 0.3 is 0 Å². The number of benzene rings is 1. The highest BCUT2D eigenvalue weighted by molar-refractivity contribution is 7.90. The largest absolute Gasteiger partial charge is 0.375 e. The van der Waals surface area contributed by atoms with Crippen LogP contribution in [-0.4, -0.2) is 33.8 Å². The summed E-state index contributed by atoms with van der Waals surface area (Å²) in [4.78, 5) is 6.92. The standard InChI is InChI=1S/C15H20N2O3S2/c1-11(20-3)15-16-12(10-21-15)9-17(2)13-5-7-14(8-6-13)22(4,18)19/h5-8,10-11H,9H2,1-4H3/t11-/m0/s1. The lowest BCUT2D eigenvalue weighted by molar-refractivity contribution is 0.119. The lowest BCUT2D eigenvalue weighted by Crippen LogP contribution is -2.16. The molecule has 0 saturated carbocycles. The van der Waals surface area contributed by atoms with Gasteiger partial charge in [-0.1, -0.05) is 0 Å². The van der Waals surface area contributed by atoms with Gasteiger partial charge in [-0.05, 0) is 31.2 Å². The van der Waals surface area contributed by atoms with Crippen molar-refractivity contribution in [3.05, 3.63) is 40.3 Å². The van der Waals surface area contributed by atoms with Crippen molar-refractivity contribution < 1.29 is 13.2 Å². The summed E-state index contributed by atoms with van der Waals surface area (Å²) in [6, 6.07) is 6.87. The molecule has 0 spiro atoms. The molecular weight excluding hydrogens is 320 g/mol. The summed E-state index contributed by atoms with van der Waals surface area (Å²) in [5, 5.41) is 2.98. The summed E-state index contributed by atoms with van der Waals surface area (Å²) in [7, 11) is 0.464. The molecule has 7 heteroatoms. The van der Waals surface area contributed by atoms with E-state index in [0.717, 1.165) is 16.4 Å². The fraction of sp³-hybridized carbons (Fsp3) is 0.400. The first-order valence-electron chi connectivity index (χ1n) is 6.79. The van der Waals surface area contributed by atoms with E-state index in [1.165, 1.54) is 6.26 Å². The number of ether oxygens (including phenoxy) is 1. The van der Waals surface area contributed by atoms with Crippen LogP contribution < -0.4 is 4.90 Å². The van der Waals surface area contributed by atoms with Crippen LogP contribution >= 0.6 is 11.3 Å². The first kappa shape index (κ1) is 16.9. The van der Waals surface area contributed by atoms with Crippen LogP contribution in [0.3, 0.4) is 0 Å². The quantitative estimate of drug-likeness (QED) is 0.809. The Hall–Kier alpha value is -1.44. The first-order chi connectivity index (χ1) is 10.3. The van der Waals surface area contributed by atoms with Crippen LogP contribution in [0.5, 0.6) is 0 Å². The minimum atomic E-state index is -3.16. The van der Waals surface area contributed by atoms with E-state index < -0.39 is 9.84 Å². The number of hydrogen-bond donors (Lipinski definition) is 0. The molecule has 1 aromatic carbocycles.